The van der Waals surface area contributed by atoms with Gasteiger partial charge in [0.05, 0.1) is 11.3 Å². The van der Waals surface area contributed by atoms with E-state index in [4.69, 9.17) is 5.11 Å². The average Bonchev–Trinajstić information content (AvgIpc) is 2.50. The summed E-state index contributed by atoms with van der Waals surface area (Å²) in [4.78, 5) is 23.3. The van der Waals surface area contributed by atoms with Crippen LogP contribution in [0, 0.1) is 13.8 Å². The maximum absolute atomic E-state index is 12.1. The van der Waals surface area contributed by atoms with Gasteiger partial charge in [0.2, 0.25) is 5.91 Å². The minimum atomic E-state index is -1.07. The molecule has 0 aromatic heterocycles. The van der Waals surface area contributed by atoms with Gasteiger partial charge in [-0.2, -0.15) is 0 Å². The van der Waals surface area contributed by atoms with E-state index in [-0.39, 0.29) is 17.2 Å². The fraction of sp³-hybridized carbons (Fsp3) is 0.158. The van der Waals surface area contributed by atoms with Crippen LogP contribution >= 0.6 is 0 Å². The first-order chi connectivity index (χ1) is 10.9. The van der Waals surface area contributed by atoms with Crippen molar-refractivity contribution in [2.75, 3.05) is 5.32 Å². The van der Waals surface area contributed by atoms with Crippen LogP contribution in [0.2, 0.25) is 0 Å². The molecule has 23 heavy (non-hydrogen) atoms. The van der Waals surface area contributed by atoms with Gasteiger partial charge >= 0.3 is 5.97 Å². The van der Waals surface area contributed by atoms with Crippen molar-refractivity contribution in [3.63, 3.8) is 0 Å². The van der Waals surface area contributed by atoms with E-state index in [1.165, 1.54) is 17.7 Å². The highest BCUT2D eigenvalue weighted by atomic mass is 16.4. The van der Waals surface area contributed by atoms with Crippen molar-refractivity contribution in [1.29, 1.82) is 0 Å². The summed E-state index contributed by atoms with van der Waals surface area (Å²) in [6.45, 7) is 5.91. The van der Waals surface area contributed by atoms with Gasteiger partial charge in [0.1, 0.15) is 0 Å². The molecule has 0 saturated carbocycles. The van der Waals surface area contributed by atoms with Crippen LogP contribution < -0.4 is 5.32 Å². The number of anilines is 1. The van der Waals surface area contributed by atoms with Crippen LogP contribution in [0.3, 0.4) is 0 Å². The van der Waals surface area contributed by atoms with E-state index in [9.17, 15) is 9.59 Å². The molecule has 1 amide bonds. The van der Waals surface area contributed by atoms with Crippen molar-refractivity contribution in [2.24, 2.45) is 0 Å². The summed E-state index contributed by atoms with van der Waals surface area (Å²) in [7, 11) is 0. The Bertz CT molecular complexity index is 791. The molecular formula is C19H19NO3. The Kier molecular flexibility index (Phi) is 4.96. The summed E-state index contributed by atoms with van der Waals surface area (Å²) in [6.07, 6.45) is 1.47. The first-order valence-corrected chi connectivity index (χ1v) is 7.27. The normalized spacial score (nSPS) is 11.2. The second-order valence-corrected chi connectivity index (χ2v) is 5.47. The van der Waals surface area contributed by atoms with E-state index >= 15 is 0 Å². The molecule has 118 valence electrons. The third-order valence-corrected chi connectivity index (χ3v) is 3.73. The highest BCUT2D eigenvalue weighted by Crippen LogP contribution is 2.19. The Labute approximate surface area is 135 Å². The van der Waals surface area contributed by atoms with Crippen LogP contribution in [0.5, 0.6) is 0 Å². The molecule has 0 bridgehead atoms. The SMILES string of the molecule is C/C(=C\C(=O)Nc1ccccc1C(=O)O)c1ccc(C)c(C)c1. The standard InChI is InChI=1S/C19H19NO3/c1-12-8-9-15(10-13(12)2)14(3)11-18(21)20-17-7-5-4-6-16(17)19(22)23/h4-11H,1-3H3,(H,20,21)(H,22,23)/b14-11+. The topological polar surface area (TPSA) is 66.4 Å². The summed E-state index contributed by atoms with van der Waals surface area (Å²) in [5, 5.41) is 11.8. The van der Waals surface area contributed by atoms with Gasteiger partial charge < -0.3 is 10.4 Å². The van der Waals surface area contributed by atoms with Gasteiger partial charge in [-0.15, -0.1) is 0 Å². The van der Waals surface area contributed by atoms with E-state index in [0.29, 0.717) is 0 Å². The maximum atomic E-state index is 12.1. The number of amides is 1. The van der Waals surface area contributed by atoms with Crippen LogP contribution in [0.25, 0.3) is 5.57 Å². The third kappa shape index (κ3) is 4.07. The molecule has 0 fully saturated rings. The van der Waals surface area contributed by atoms with Gasteiger partial charge in [0.15, 0.2) is 0 Å². The fourth-order valence-corrected chi connectivity index (χ4v) is 2.21. The van der Waals surface area contributed by atoms with Crippen LogP contribution in [-0.2, 0) is 4.79 Å². The summed E-state index contributed by atoms with van der Waals surface area (Å²) in [6, 6.07) is 12.3. The third-order valence-electron chi connectivity index (χ3n) is 3.73. The van der Waals surface area contributed by atoms with Crippen LogP contribution in [-0.4, -0.2) is 17.0 Å². The van der Waals surface area contributed by atoms with Crippen molar-refractivity contribution in [3.8, 4) is 0 Å². The number of rotatable bonds is 4. The summed E-state index contributed by atoms with van der Waals surface area (Å²) in [5.41, 5.74) is 4.49. The van der Waals surface area contributed by atoms with Crippen LogP contribution in [0.15, 0.2) is 48.5 Å². The van der Waals surface area contributed by atoms with Gasteiger partial charge in [0.25, 0.3) is 0 Å². The molecule has 0 aliphatic carbocycles. The van der Waals surface area contributed by atoms with Gasteiger partial charge in [0, 0.05) is 6.08 Å². The predicted octanol–water partition coefficient (Wildman–Crippen LogP) is 4.04. The number of benzene rings is 2. The molecule has 2 aromatic rings. The van der Waals surface area contributed by atoms with Crippen molar-refractivity contribution in [1.82, 2.24) is 0 Å². The van der Waals surface area contributed by atoms with Crippen molar-refractivity contribution in [2.45, 2.75) is 20.8 Å². The van der Waals surface area contributed by atoms with Gasteiger partial charge in [-0.3, -0.25) is 4.79 Å². The van der Waals surface area contributed by atoms with Crippen LogP contribution in [0.4, 0.5) is 5.69 Å². The second-order valence-electron chi connectivity index (χ2n) is 5.47. The largest absolute Gasteiger partial charge is 0.478 e. The number of carbonyl (C=O) groups is 2. The Morgan fingerprint density at radius 3 is 2.39 bits per heavy atom. The number of carboxylic acids is 1. The molecule has 0 spiro atoms. The van der Waals surface area contributed by atoms with E-state index in [2.05, 4.69) is 5.32 Å². The summed E-state index contributed by atoms with van der Waals surface area (Å²) < 4.78 is 0. The number of para-hydroxylation sites is 1. The molecule has 2 N–H and O–H groups in total. The second kappa shape index (κ2) is 6.92. The molecular weight excluding hydrogens is 290 g/mol. The fourth-order valence-electron chi connectivity index (χ4n) is 2.21. The lowest BCUT2D eigenvalue weighted by atomic mass is 10.0. The Morgan fingerprint density at radius 1 is 1.04 bits per heavy atom. The van der Waals surface area contributed by atoms with Gasteiger partial charge in [-0.05, 0) is 55.2 Å². The van der Waals surface area contributed by atoms with Gasteiger partial charge in [-0.25, -0.2) is 4.79 Å². The number of carboxylic acid groups (broad SMARTS) is 1. The predicted molar refractivity (Wildman–Crippen MR) is 91.6 cm³/mol. The molecule has 0 aliphatic heterocycles. The van der Waals surface area contributed by atoms with Gasteiger partial charge in [-0.1, -0.05) is 30.3 Å². The van der Waals surface area contributed by atoms with Crippen molar-refractivity contribution < 1.29 is 14.7 Å². The molecule has 0 heterocycles. The highest BCUT2D eigenvalue weighted by molar-refractivity contribution is 6.07. The van der Waals surface area contributed by atoms with Crippen LogP contribution in [0.1, 0.15) is 34.0 Å². The van der Waals surface area contributed by atoms with E-state index in [1.807, 2.05) is 39.0 Å². The Morgan fingerprint density at radius 2 is 1.74 bits per heavy atom. The molecule has 4 heteroatoms. The number of hydrogen-bond acceptors (Lipinski definition) is 2. The Hall–Kier alpha value is -2.88. The molecule has 2 aromatic carbocycles. The average molecular weight is 309 g/mol. The lowest BCUT2D eigenvalue weighted by Crippen LogP contribution is -2.12. The highest BCUT2D eigenvalue weighted by Gasteiger charge is 2.11. The van der Waals surface area contributed by atoms with E-state index in [1.54, 1.807) is 18.2 Å². The zero-order valence-corrected chi connectivity index (χ0v) is 13.4. The lowest BCUT2D eigenvalue weighted by Gasteiger charge is -2.08. The van der Waals surface area contributed by atoms with E-state index in [0.717, 1.165) is 16.7 Å². The zero-order valence-electron chi connectivity index (χ0n) is 13.4. The number of carbonyl (C=O) groups excluding carboxylic acids is 1. The summed E-state index contributed by atoms with van der Waals surface area (Å²) in [5.74, 6) is -1.43. The number of aromatic carboxylic acids is 1. The minimum Gasteiger partial charge on any atom is -0.478 e. The first-order valence-electron chi connectivity index (χ1n) is 7.27. The quantitative estimate of drug-likeness (QED) is 0.838. The summed E-state index contributed by atoms with van der Waals surface area (Å²) >= 11 is 0. The smallest absolute Gasteiger partial charge is 0.337 e. The molecule has 0 saturated heterocycles. The number of nitrogens with one attached hydrogen (secondary N) is 1. The minimum absolute atomic E-state index is 0.0677. The number of aryl methyl sites for hydroxylation is 2. The molecule has 0 atom stereocenters. The van der Waals surface area contributed by atoms with Crippen molar-refractivity contribution in [3.05, 3.63) is 70.8 Å². The molecule has 0 unspecified atom stereocenters. The Balaban J connectivity index is 2.21. The molecule has 0 radical (unpaired) electrons. The number of allylic oxidation sites excluding steroid dienone is 1. The number of hydrogen-bond donors (Lipinski definition) is 2. The van der Waals surface area contributed by atoms with E-state index < -0.39 is 5.97 Å². The first kappa shape index (κ1) is 16.5. The molecule has 0 aliphatic rings. The molecule has 2 rings (SSSR count). The molecule has 4 nitrogen and oxygen atoms in total. The maximum Gasteiger partial charge on any atom is 0.337 e. The lowest BCUT2D eigenvalue weighted by molar-refractivity contribution is -0.111. The monoisotopic (exact) mass is 309 g/mol. The van der Waals surface area contributed by atoms with Crippen molar-refractivity contribution >= 4 is 23.1 Å². The zero-order chi connectivity index (χ0) is 17.0.